The maximum atomic E-state index is 7.08. The average molecular weight is 162 g/mol. The standard InChI is InChI=1S/C7H9BN2.C2H6/c1-5-2-3-6(7(9)10)8-4-5;1-2/h2-4H,1H3,(H3,9,10);1-2H3. The van der Waals surface area contributed by atoms with Gasteiger partial charge in [0, 0.05) is 0 Å². The van der Waals surface area contributed by atoms with Crippen LogP contribution in [0.15, 0.2) is 18.1 Å². The summed E-state index contributed by atoms with van der Waals surface area (Å²) < 4.78 is 0. The number of rotatable bonds is 1. The van der Waals surface area contributed by atoms with Gasteiger partial charge in [-0.1, -0.05) is 13.8 Å². The molecule has 12 heavy (non-hydrogen) atoms. The number of nitrogen functional groups attached to an aromatic ring is 1. The van der Waals surface area contributed by atoms with Crippen molar-refractivity contribution in [3.63, 3.8) is 0 Å². The van der Waals surface area contributed by atoms with E-state index in [-0.39, 0.29) is 5.84 Å². The second-order valence-electron chi connectivity index (χ2n) is 2.28. The Hall–Kier alpha value is -1.12. The van der Waals surface area contributed by atoms with Crippen molar-refractivity contribution < 1.29 is 0 Å². The molecule has 0 spiro atoms. The predicted molar refractivity (Wildman–Crippen MR) is 54.9 cm³/mol. The van der Waals surface area contributed by atoms with Crippen molar-refractivity contribution in [2.24, 2.45) is 5.73 Å². The van der Waals surface area contributed by atoms with Crippen LogP contribution in [-0.2, 0) is 0 Å². The number of hydrogen-bond donors (Lipinski definition) is 2. The van der Waals surface area contributed by atoms with Gasteiger partial charge < -0.3 is 0 Å². The second kappa shape index (κ2) is 5.52. The SMILES string of the molecule is CC.Cc1cbc(C(=N)N)cc1. The summed E-state index contributed by atoms with van der Waals surface area (Å²) in [6, 6.07) is 3.79. The van der Waals surface area contributed by atoms with Crippen LogP contribution in [0.2, 0.25) is 0 Å². The molecule has 3 N–H and O–H groups in total. The van der Waals surface area contributed by atoms with Crippen LogP contribution in [0.25, 0.3) is 0 Å². The monoisotopic (exact) mass is 162 g/mol. The van der Waals surface area contributed by atoms with Crippen LogP contribution in [0.3, 0.4) is 0 Å². The molecule has 3 heteroatoms. The van der Waals surface area contributed by atoms with Crippen molar-refractivity contribution in [2.45, 2.75) is 20.8 Å². The molecule has 0 atom stereocenters. The Bertz CT molecular complexity index is 241. The van der Waals surface area contributed by atoms with E-state index in [1.54, 1.807) is 0 Å². The summed E-state index contributed by atoms with van der Waals surface area (Å²) in [5, 5.41) is 7.08. The molecule has 0 aromatic carbocycles. The number of aryl methyl sites for hydroxylation is 1. The summed E-state index contributed by atoms with van der Waals surface area (Å²) in [5.74, 6) is 2.07. The first kappa shape index (κ1) is 10.9. The van der Waals surface area contributed by atoms with Crippen molar-refractivity contribution in [3.8, 4) is 0 Å². The molecule has 0 aliphatic rings. The third-order valence-electron chi connectivity index (χ3n) is 1.36. The molecule has 1 aromatic heterocycles. The Labute approximate surface area is 74.5 Å². The van der Waals surface area contributed by atoms with Gasteiger partial charge in [-0.05, 0) is 0 Å². The van der Waals surface area contributed by atoms with Crippen LogP contribution in [-0.4, -0.2) is 12.7 Å². The second-order valence-corrected chi connectivity index (χ2v) is 2.28. The zero-order valence-electron chi connectivity index (χ0n) is 7.89. The van der Waals surface area contributed by atoms with Gasteiger partial charge >= 0.3 is 59.9 Å². The average Bonchev–Trinajstić information content (AvgIpc) is 2.09. The molecule has 0 radical (unpaired) electrons. The van der Waals surface area contributed by atoms with Crippen molar-refractivity contribution in [1.82, 2.24) is 0 Å². The third-order valence-corrected chi connectivity index (χ3v) is 1.36. The van der Waals surface area contributed by atoms with Crippen LogP contribution in [0.4, 0.5) is 0 Å². The van der Waals surface area contributed by atoms with E-state index in [2.05, 4.69) is 0 Å². The van der Waals surface area contributed by atoms with Gasteiger partial charge in [0.1, 0.15) is 0 Å². The van der Waals surface area contributed by atoms with Gasteiger partial charge in [-0.2, -0.15) is 0 Å². The molecule has 0 unspecified atom stereocenters. The van der Waals surface area contributed by atoms with E-state index in [1.807, 2.05) is 45.8 Å². The maximum absolute atomic E-state index is 7.08. The molecule has 64 valence electrons. The molecule has 1 rings (SSSR count). The van der Waals surface area contributed by atoms with E-state index in [4.69, 9.17) is 11.1 Å². The van der Waals surface area contributed by atoms with Gasteiger partial charge in [-0.25, -0.2) is 0 Å². The minimum absolute atomic E-state index is 0.125. The van der Waals surface area contributed by atoms with Gasteiger partial charge in [-0.3, -0.25) is 0 Å². The first-order chi connectivity index (χ1) is 5.70. The van der Waals surface area contributed by atoms with Crippen molar-refractivity contribution in [1.29, 1.82) is 5.41 Å². The predicted octanol–water partition coefficient (Wildman–Crippen LogP) is 1.64. The minimum atomic E-state index is 0.125. The number of amidine groups is 1. The van der Waals surface area contributed by atoms with Crippen molar-refractivity contribution >= 4 is 12.7 Å². The van der Waals surface area contributed by atoms with Gasteiger partial charge in [0.15, 0.2) is 0 Å². The fourth-order valence-corrected chi connectivity index (χ4v) is 0.733. The Morgan fingerprint density at radius 2 is 2.00 bits per heavy atom. The van der Waals surface area contributed by atoms with Gasteiger partial charge in [0.2, 0.25) is 0 Å². The molecule has 0 amide bonds. The molecular weight excluding hydrogens is 147 g/mol. The molecule has 0 aliphatic heterocycles. The molecule has 0 saturated carbocycles. The van der Waals surface area contributed by atoms with E-state index in [0.717, 1.165) is 5.46 Å². The van der Waals surface area contributed by atoms with Gasteiger partial charge in [0.05, 0.1) is 0 Å². The van der Waals surface area contributed by atoms with Crippen LogP contribution in [0, 0.1) is 12.3 Å². The van der Waals surface area contributed by atoms with Crippen LogP contribution in [0.5, 0.6) is 0 Å². The van der Waals surface area contributed by atoms with Gasteiger partial charge in [-0.15, -0.1) is 0 Å². The van der Waals surface area contributed by atoms with E-state index in [9.17, 15) is 0 Å². The molecule has 0 saturated heterocycles. The normalized spacial score (nSPS) is 7.92. The van der Waals surface area contributed by atoms with Gasteiger partial charge in [0.25, 0.3) is 0 Å². The summed E-state index contributed by atoms with van der Waals surface area (Å²) in [7, 11) is 0. The molecular formula is C9H15BN2. The van der Waals surface area contributed by atoms with Crippen molar-refractivity contribution in [3.05, 3.63) is 29.1 Å². The molecule has 1 aromatic rings. The van der Waals surface area contributed by atoms with Crippen LogP contribution >= 0.6 is 0 Å². The van der Waals surface area contributed by atoms with E-state index in [1.165, 1.54) is 5.56 Å². The zero-order valence-corrected chi connectivity index (χ0v) is 7.89. The summed E-state index contributed by atoms with van der Waals surface area (Å²) in [5.41, 5.74) is 7.22. The summed E-state index contributed by atoms with van der Waals surface area (Å²) in [6.45, 7) is 7.85. The summed E-state index contributed by atoms with van der Waals surface area (Å²) in [6.07, 6.45) is 0. The Kier molecular flexibility index (Phi) is 5.01. The summed E-state index contributed by atoms with van der Waals surface area (Å²) >= 11 is 0. The first-order valence-electron chi connectivity index (χ1n) is 4.11. The van der Waals surface area contributed by atoms with Crippen LogP contribution in [0.1, 0.15) is 24.9 Å². The number of nitrogens with two attached hydrogens (primary N) is 1. The van der Waals surface area contributed by atoms with Crippen molar-refractivity contribution in [2.75, 3.05) is 0 Å². The van der Waals surface area contributed by atoms with Crippen LogP contribution < -0.4 is 5.73 Å². The molecule has 1 heterocycles. The fraction of sp³-hybridized carbons (Fsp3) is 0.333. The van der Waals surface area contributed by atoms with E-state index >= 15 is 0 Å². The number of nitrogens with one attached hydrogen (secondary N) is 1. The molecule has 0 aliphatic carbocycles. The van der Waals surface area contributed by atoms with E-state index in [0.29, 0.717) is 0 Å². The first-order valence-corrected chi connectivity index (χ1v) is 4.11. The molecule has 0 bridgehead atoms. The fourth-order valence-electron chi connectivity index (χ4n) is 0.733. The quantitative estimate of drug-likeness (QED) is 0.478. The molecule has 0 fully saturated rings. The van der Waals surface area contributed by atoms with E-state index < -0.39 is 0 Å². The Morgan fingerprint density at radius 3 is 2.33 bits per heavy atom. The topological polar surface area (TPSA) is 49.9 Å². The Balaban J connectivity index is 0.000000561. The number of hydrogen-bond acceptors (Lipinski definition) is 1. The molecule has 2 nitrogen and oxygen atoms in total. The zero-order chi connectivity index (χ0) is 9.56. The Morgan fingerprint density at radius 1 is 1.42 bits per heavy atom. The third kappa shape index (κ3) is 3.33. The summed E-state index contributed by atoms with van der Waals surface area (Å²) in [4.78, 5) is 0.